The third-order valence-electron chi connectivity index (χ3n) is 2.96. The number of benzene rings is 2. The lowest BCUT2D eigenvalue weighted by Gasteiger charge is -2.20. The maximum atomic E-state index is 13.4. The average Bonchev–Trinajstić information content (AvgIpc) is 2.40. The van der Waals surface area contributed by atoms with Gasteiger partial charge >= 0.3 is 0 Å². The predicted octanol–water partition coefficient (Wildman–Crippen LogP) is 4.46. The molecule has 20 heavy (non-hydrogen) atoms. The highest BCUT2D eigenvalue weighted by Gasteiger charge is 2.18. The zero-order chi connectivity index (χ0) is 14.7. The van der Waals surface area contributed by atoms with Gasteiger partial charge in [-0.15, -0.1) is 0 Å². The molecule has 1 N–H and O–H groups in total. The van der Waals surface area contributed by atoms with Gasteiger partial charge in [-0.3, -0.25) is 0 Å². The fraction of sp³-hybridized carbons (Fsp3) is 0.200. The highest BCUT2D eigenvalue weighted by molar-refractivity contribution is 6.31. The molecule has 5 heteroatoms. The first-order valence-electron chi connectivity index (χ1n) is 6.16. The molecule has 2 aromatic carbocycles. The fourth-order valence-corrected chi connectivity index (χ4v) is 2.32. The molecule has 0 aliphatic rings. The Morgan fingerprint density at radius 2 is 1.80 bits per heavy atom. The summed E-state index contributed by atoms with van der Waals surface area (Å²) in [6, 6.07) is 7.24. The molecule has 1 unspecified atom stereocenters. The second-order valence-electron chi connectivity index (χ2n) is 4.33. The molecule has 0 aromatic heterocycles. The van der Waals surface area contributed by atoms with Crippen molar-refractivity contribution in [3.63, 3.8) is 0 Å². The molecule has 0 fully saturated rings. The summed E-state index contributed by atoms with van der Waals surface area (Å²) in [7, 11) is 0. The Labute approximate surface area is 120 Å². The van der Waals surface area contributed by atoms with Crippen LogP contribution >= 0.6 is 11.6 Å². The molecule has 0 aliphatic heterocycles. The summed E-state index contributed by atoms with van der Waals surface area (Å²) < 4.78 is 39.5. The van der Waals surface area contributed by atoms with E-state index < -0.39 is 23.5 Å². The van der Waals surface area contributed by atoms with Crippen molar-refractivity contribution in [2.24, 2.45) is 0 Å². The van der Waals surface area contributed by atoms with Crippen molar-refractivity contribution in [3.8, 4) is 0 Å². The summed E-state index contributed by atoms with van der Waals surface area (Å²) in [4.78, 5) is 0. The van der Waals surface area contributed by atoms with Gasteiger partial charge in [0.1, 0.15) is 5.82 Å². The van der Waals surface area contributed by atoms with Crippen LogP contribution in [0, 0.1) is 17.5 Å². The molecular weight excluding hydrogens is 287 g/mol. The topological polar surface area (TPSA) is 12.0 Å². The van der Waals surface area contributed by atoms with Crippen LogP contribution in [0.2, 0.25) is 5.02 Å². The first-order valence-corrected chi connectivity index (χ1v) is 6.54. The minimum atomic E-state index is -0.927. The van der Waals surface area contributed by atoms with Crippen molar-refractivity contribution in [1.82, 2.24) is 5.32 Å². The Morgan fingerprint density at radius 1 is 1.05 bits per heavy atom. The zero-order valence-electron chi connectivity index (χ0n) is 10.8. The number of halogens is 4. The molecule has 0 amide bonds. The maximum absolute atomic E-state index is 13.4. The summed E-state index contributed by atoms with van der Waals surface area (Å²) in [6.45, 7) is 2.47. The third-order valence-corrected chi connectivity index (χ3v) is 3.29. The van der Waals surface area contributed by atoms with Gasteiger partial charge < -0.3 is 5.32 Å². The predicted molar refractivity (Wildman–Crippen MR) is 73.3 cm³/mol. The molecule has 0 aliphatic carbocycles. The van der Waals surface area contributed by atoms with Gasteiger partial charge in [0.05, 0.1) is 6.04 Å². The van der Waals surface area contributed by atoms with Crippen LogP contribution in [0.15, 0.2) is 36.4 Å². The van der Waals surface area contributed by atoms with Crippen molar-refractivity contribution >= 4 is 11.6 Å². The molecule has 0 radical (unpaired) electrons. The molecule has 2 rings (SSSR count). The smallest absolute Gasteiger partial charge is 0.159 e. The van der Waals surface area contributed by atoms with Crippen LogP contribution in [0.3, 0.4) is 0 Å². The van der Waals surface area contributed by atoms with Gasteiger partial charge in [0, 0.05) is 5.02 Å². The summed E-state index contributed by atoms with van der Waals surface area (Å²) in [5.74, 6) is -2.28. The molecule has 0 bridgehead atoms. The lowest BCUT2D eigenvalue weighted by Crippen LogP contribution is -2.22. The van der Waals surface area contributed by atoms with Crippen molar-refractivity contribution in [2.75, 3.05) is 6.54 Å². The van der Waals surface area contributed by atoms with E-state index in [9.17, 15) is 13.2 Å². The van der Waals surface area contributed by atoms with Crippen LogP contribution in [-0.2, 0) is 0 Å². The monoisotopic (exact) mass is 299 g/mol. The van der Waals surface area contributed by atoms with Gasteiger partial charge in [-0.2, -0.15) is 0 Å². The number of rotatable bonds is 4. The van der Waals surface area contributed by atoms with E-state index in [0.717, 1.165) is 12.1 Å². The van der Waals surface area contributed by atoms with Gasteiger partial charge in [-0.05, 0) is 41.9 Å². The van der Waals surface area contributed by atoms with Crippen molar-refractivity contribution in [1.29, 1.82) is 0 Å². The standard InChI is InChI=1S/C15H13ClF3N/c1-2-20-15(9-3-6-13(18)14(19)7-9)11-5-4-10(17)8-12(11)16/h3-8,15,20H,2H2,1H3. The lowest BCUT2D eigenvalue weighted by atomic mass is 9.98. The third kappa shape index (κ3) is 3.14. The first kappa shape index (κ1) is 14.9. The van der Waals surface area contributed by atoms with E-state index in [1.54, 1.807) is 0 Å². The summed E-state index contributed by atoms with van der Waals surface area (Å²) in [5, 5.41) is 3.36. The Morgan fingerprint density at radius 3 is 2.40 bits per heavy atom. The van der Waals surface area contributed by atoms with Gasteiger partial charge in [0.25, 0.3) is 0 Å². The van der Waals surface area contributed by atoms with E-state index in [0.29, 0.717) is 17.7 Å². The highest BCUT2D eigenvalue weighted by atomic mass is 35.5. The maximum Gasteiger partial charge on any atom is 0.159 e. The van der Waals surface area contributed by atoms with Crippen LogP contribution in [0.25, 0.3) is 0 Å². The number of hydrogen-bond acceptors (Lipinski definition) is 1. The second-order valence-corrected chi connectivity index (χ2v) is 4.74. The van der Waals surface area contributed by atoms with Gasteiger partial charge in [0.15, 0.2) is 11.6 Å². The summed E-state index contributed by atoms with van der Waals surface area (Å²) in [6.07, 6.45) is 0. The first-order chi connectivity index (χ1) is 9.52. The fourth-order valence-electron chi connectivity index (χ4n) is 2.04. The zero-order valence-corrected chi connectivity index (χ0v) is 11.5. The van der Waals surface area contributed by atoms with Gasteiger partial charge in [0.2, 0.25) is 0 Å². The molecule has 0 saturated carbocycles. The normalized spacial score (nSPS) is 12.4. The largest absolute Gasteiger partial charge is 0.306 e. The van der Waals surface area contributed by atoms with Crippen LogP contribution < -0.4 is 5.32 Å². The van der Waals surface area contributed by atoms with E-state index in [1.807, 2.05) is 6.92 Å². The Balaban J connectivity index is 2.47. The molecule has 0 spiro atoms. The minimum Gasteiger partial charge on any atom is -0.306 e. The van der Waals surface area contributed by atoms with E-state index in [4.69, 9.17) is 11.6 Å². The quantitative estimate of drug-likeness (QED) is 0.879. The Hall–Kier alpha value is -1.52. The van der Waals surface area contributed by atoms with E-state index in [-0.39, 0.29) is 5.02 Å². The van der Waals surface area contributed by atoms with Crippen LogP contribution in [0.4, 0.5) is 13.2 Å². The SMILES string of the molecule is CCNC(c1ccc(F)c(F)c1)c1ccc(F)cc1Cl. The van der Waals surface area contributed by atoms with Crippen molar-refractivity contribution < 1.29 is 13.2 Å². The molecule has 106 valence electrons. The molecule has 2 aromatic rings. The summed E-state index contributed by atoms with van der Waals surface area (Å²) in [5.41, 5.74) is 1.14. The lowest BCUT2D eigenvalue weighted by molar-refractivity contribution is 0.504. The van der Waals surface area contributed by atoms with Crippen LogP contribution in [-0.4, -0.2) is 6.54 Å². The minimum absolute atomic E-state index is 0.237. The van der Waals surface area contributed by atoms with Gasteiger partial charge in [-0.1, -0.05) is 30.7 Å². The van der Waals surface area contributed by atoms with Gasteiger partial charge in [-0.25, -0.2) is 13.2 Å². The highest BCUT2D eigenvalue weighted by Crippen LogP contribution is 2.29. The van der Waals surface area contributed by atoms with Crippen molar-refractivity contribution in [2.45, 2.75) is 13.0 Å². The van der Waals surface area contributed by atoms with E-state index >= 15 is 0 Å². The van der Waals surface area contributed by atoms with Crippen LogP contribution in [0.5, 0.6) is 0 Å². The van der Waals surface area contributed by atoms with Crippen molar-refractivity contribution in [3.05, 3.63) is 70.0 Å². The van der Waals surface area contributed by atoms with Crippen LogP contribution in [0.1, 0.15) is 24.1 Å². The Bertz CT molecular complexity index is 616. The molecule has 0 heterocycles. The van der Waals surface area contributed by atoms with E-state index in [2.05, 4.69) is 5.32 Å². The average molecular weight is 300 g/mol. The number of nitrogens with one attached hydrogen (secondary N) is 1. The molecule has 0 saturated heterocycles. The Kier molecular flexibility index (Phi) is 4.68. The molecule has 1 atom stereocenters. The summed E-state index contributed by atoms with van der Waals surface area (Å²) >= 11 is 6.03. The number of hydrogen-bond donors (Lipinski definition) is 1. The molecular formula is C15H13ClF3N. The molecule has 1 nitrogen and oxygen atoms in total. The van der Waals surface area contributed by atoms with E-state index in [1.165, 1.54) is 24.3 Å². The second kappa shape index (κ2) is 6.29.